The number of nitrogens with one attached hydrogen (secondary N) is 3. The summed E-state index contributed by atoms with van der Waals surface area (Å²) in [7, 11) is 0. The summed E-state index contributed by atoms with van der Waals surface area (Å²) in [5.74, 6) is -0.369. The second-order valence-electron chi connectivity index (χ2n) is 7.43. The summed E-state index contributed by atoms with van der Waals surface area (Å²) in [5, 5.41) is 10.5. The lowest BCUT2D eigenvalue weighted by Gasteiger charge is -2.28. The highest BCUT2D eigenvalue weighted by molar-refractivity contribution is 5.99. The molecule has 3 N–H and O–H groups in total. The first kappa shape index (κ1) is 20.4. The van der Waals surface area contributed by atoms with Crippen LogP contribution in [0.4, 0.5) is 11.4 Å². The van der Waals surface area contributed by atoms with Gasteiger partial charge in [0, 0.05) is 43.0 Å². The van der Waals surface area contributed by atoms with E-state index < -0.39 is 0 Å². The van der Waals surface area contributed by atoms with E-state index in [4.69, 9.17) is 0 Å². The van der Waals surface area contributed by atoms with E-state index in [1.165, 1.54) is 0 Å². The maximum Gasteiger partial charge on any atom is 0.251 e. The molecule has 158 valence electrons. The highest BCUT2D eigenvalue weighted by atomic mass is 16.2. The van der Waals surface area contributed by atoms with Crippen molar-refractivity contribution in [3.05, 3.63) is 72.3 Å². The minimum Gasteiger partial charge on any atom is -0.360 e. The average molecular weight is 416 g/mol. The molecule has 3 aromatic rings. The number of nitrogens with zero attached hydrogens (tertiary/aromatic N) is 1. The van der Waals surface area contributed by atoms with Crippen LogP contribution in [0, 0.1) is 0 Å². The Morgan fingerprint density at radius 3 is 2.52 bits per heavy atom. The van der Waals surface area contributed by atoms with Gasteiger partial charge in [-0.25, -0.2) is 0 Å². The van der Waals surface area contributed by atoms with Crippen molar-refractivity contribution in [2.75, 3.05) is 36.4 Å². The van der Waals surface area contributed by atoms with Crippen LogP contribution in [-0.2, 0) is 9.59 Å². The molecule has 7 heteroatoms. The lowest BCUT2D eigenvalue weighted by molar-refractivity contribution is -0.120. The SMILES string of the molecule is O=C1CN(c2ccc(NC(=O)CCNC(=O)c3ccc4ccccc4c3)cc2)CCN1. The number of benzene rings is 3. The summed E-state index contributed by atoms with van der Waals surface area (Å²) in [6.45, 7) is 1.97. The zero-order valence-corrected chi connectivity index (χ0v) is 17.1. The summed E-state index contributed by atoms with van der Waals surface area (Å²) >= 11 is 0. The zero-order valence-electron chi connectivity index (χ0n) is 17.1. The fourth-order valence-corrected chi connectivity index (χ4v) is 3.56. The molecule has 3 amide bonds. The summed E-state index contributed by atoms with van der Waals surface area (Å²) in [4.78, 5) is 38.1. The van der Waals surface area contributed by atoms with Gasteiger partial charge in [0.25, 0.3) is 5.91 Å². The molecule has 0 aliphatic carbocycles. The van der Waals surface area contributed by atoms with Crippen molar-refractivity contribution in [2.24, 2.45) is 0 Å². The van der Waals surface area contributed by atoms with Crippen LogP contribution in [0.15, 0.2) is 66.7 Å². The van der Waals surface area contributed by atoms with Crippen LogP contribution in [0.2, 0.25) is 0 Å². The van der Waals surface area contributed by atoms with Gasteiger partial charge in [0.05, 0.1) is 6.54 Å². The molecule has 7 nitrogen and oxygen atoms in total. The number of amides is 3. The normalized spacial score (nSPS) is 13.5. The van der Waals surface area contributed by atoms with Gasteiger partial charge in [-0.1, -0.05) is 30.3 Å². The van der Waals surface area contributed by atoms with Gasteiger partial charge in [-0.2, -0.15) is 0 Å². The maximum atomic E-state index is 12.4. The Morgan fingerprint density at radius 1 is 0.968 bits per heavy atom. The zero-order chi connectivity index (χ0) is 21.6. The van der Waals surface area contributed by atoms with Gasteiger partial charge < -0.3 is 20.9 Å². The molecule has 0 radical (unpaired) electrons. The van der Waals surface area contributed by atoms with Crippen molar-refractivity contribution in [1.82, 2.24) is 10.6 Å². The molecule has 0 bridgehead atoms. The molecule has 1 aliphatic heterocycles. The van der Waals surface area contributed by atoms with Gasteiger partial charge in [-0.05, 0) is 47.2 Å². The number of anilines is 2. The number of hydrogen-bond acceptors (Lipinski definition) is 4. The first-order valence-electron chi connectivity index (χ1n) is 10.3. The first-order chi connectivity index (χ1) is 15.1. The second-order valence-corrected chi connectivity index (χ2v) is 7.43. The van der Waals surface area contributed by atoms with Gasteiger partial charge in [0.2, 0.25) is 11.8 Å². The monoisotopic (exact) mass is 416 g/mol. The number of carbonyl (C=O) groups is 3. The number of piperazine rings is 1. The molecule has 0 saturated carbocycles. The van der Waals surface area contributed by atoms with Crippen LogP contribution in [0.3, 0.4) is 0 Å². The Balaban J connectivity index is 1.25. The van der Waals surface area contributed by atoms with Crippen molar-refractivity contribution in [3.63, 3.8) is 0 Å². The Hall–Kier alpha value is -3.87. The second kappa shape index (κ2) is 9.30. The van der Waals surface area contributed by atoms with E-state index in [2.05, 4.69) is 16.0 Å². The number of hydrogen-bond donors (Lipinski definition) is 3. The Morgan fingerprint density at radius 2 is 1.74 bits per heavy atom. The third-order valence-electron chi connectivity index (χ3n) is 5.20. The van der Waals surface area contributed by atoms with E-state index in [0.29, 0.717) is 24.3 Å². The lowest BCUT2D eigenvalue weighted by Crippen LogP contribution is -2.47. The molecule has 0 aromatic heterocycles. The van der Waals surface area contributed by atoms with Crippen LogP contribution < -0.4 is 20.9 Å². The van der Waals surface area contributed by atoms with Gasteiger partial charge in [0.1, 0.15) is 0 Å². The molecule has 31 heavy (non-hydrogen) atoms. The van der Waals surface area contributed by atoms with E-state index >= 15 is 0 Å². The summed E-state index contributed by atoms with van der Waals surface area (Å²) in [6.07, 6.45) is 0.174. The summed E-state index contributed by atoms with van der Waals surface area (Å²) < 4.78 is 0. The van der Waals surface area contributed by atoms with Gasteiger partial charge >= 0.3 is 0 Å². The standard InChI is InChI=1S/C24H24N4O3/c29-22(27-20-7-9-21(10-8-20)28-14-13-25-23(30)16-28)11-12-26-24(31)19-6-5-17-3-1-2-4-18(17)15-19/h1-10,15H,11-14,16H2,(H,25,30)(H,26,31)(H,27,29). The van der Waals surface area contributed by atoms with E-state index in [1.54, 1.807) is 6.07 Å². The molecule has 4 rings (SSSR count). The van der Waals surface area contributed by atoms with E-state index in [9.17, 15) is 14.4 Å². The minimum absolute atomic E-state index is 0.00867. The maximum absolute atomic E-state index is 12.4. The molecule has 0 atom stereocenters. The average Bonchev–Trinajstić information content (AvgIpc) is 2.79. The van der Waals surface area contributed by atoms with Gasteiger partial charge in [-0.3, -0.25) is 14.4 Å². The molecular formula is C24H24N4O3. The fourth-order valence-electron chi connectivity index (χ4n) is 3.56. The van der Waals surface area contributed by atoms with Crippen molar-refractivity contribution < 1.29 is 14.4 Å². The number of fused-ring (bicyclic) bond motifs is 1. The molecule has 3 aromatic carbocycles. The molecule has 1 fully saturated rings. The Bertz CT molecular complexity index is 1110. The topological polar surface area (TPSA) is 90.5 Å². The lowest BCUT2D eigenvalue weighted by atomic mass is 10.1. The highest BCUT2D eigenvalue weighted by Gasteiger charge is 2.16. The van der Waals surface area contributed by atoms with Gasteiger partial charge in [0.15, 0.2) is 0 Å². The highest BCUT2D eigenvalue weighted by Crippen LogP contribution is 2.19. The van der Waals surface area contributed by atoms with Crippen LogP contribution in [0.1, 0.15) is 16.8 Å². The predicted molar refractivity (Wildman–Crippen MR) is 121 cm³/mol. The van der Waals surface area contributed by atoms with Crippen LogP contribution >= 0.6 is 0 Å². The van der Waals surface area contributed by atoms with Crippen molar-refractivity contribution in [3.8, 4) is 0 Å². The molecule has 0 unspecified atom stereocenters. The third kappa shape index (κ3) is 5.19. The minimum atomic E-state index is -0.200. The van der Waals surface area contributed by atoms with E-state index in [-0.39, 0.29) is 30.7 Å². The number of rotatable bonds is 6. The van der Waals surface area contributed by atoms with Crippen LogP contribution in [0.25, 0.3) is 10.8 Å². The fraction of sp³-hybridized carbons (Fsp3) is 0.208. The van der Waals surface area contributed by atoms with Crippen LogP contribution in [0.5, 0.6) is 0 Å². The molecule has 0 spiro atoms. The van der Waals surface area contributed by atoms with E-state index in [0.717, 1.165) is 23.0 Å². The summed E-state index contributed by atoms with van der Waals surface area (Å²) in [5.41, 5.74) is 2.19. The van der Waals surface area contributed by atoms with Crippen molar-refractivity contribution in [2.45, 2.75) is 6.42 Å². The number of carbonyl (C=O) groups excluding carboxylic acids is 3. The largest absolute Gasteiger partial charge is 0.360 e. The molecule has 1 heterocycles. The van der Waals surface area contributed by atoms with Crippen LogP contribution in [-0.4, -0.2) is 43.9 Å². The quantitative estimate of drug-likeness (QED) is 0.576. The molecule has 1 saturated heterocycles. The molecular weight excluding hydrogens is 392 g/mol. The van der Waals surface area contributed by atoms with Crippen molar-refractivity contribution >= 4 is 39.9 Å². The van der Waals surface area contributed by atoms with Gasteiger partial charge in [-0.15, -0.1) is 0 Å². The summed E-state index contributed by atoms with van der Waals surface area (Å²) in [6, 6.07) is 20.8. The third-order valence-corrected chi connectivity index (χ3v) is 5.20. The first-order valence-corrected chi connectivity index (χ1v) is 10.3. The smallest absolute Gasteiger partial charge is 0.251 e. The molecule has 1 aliphatic rings. The van der Waals surface area contributed by atoms with E-state index in [1.807, 2.05) is 65.6 Å². The van der Waals surface area contributed by atoms with Crippen molar-refractivity contribution in [1.29, 1.82) is 0 Å². The Kier molecular flexibility index (Phi) is 6.12. The predicted octanol–water partition coefficient (Wildman–Crippen LogP) is 2.53. The Labute approximate surface area is 180 Å².